The number of hydrogen-bond acceptors (Lipinski definition) is 7. The number of allylic oxidation sites excluding steroid dienone is 2. The molecule has 0 saturated carbocycles. The van der Waals surface area contributed by atoms with Crippen LogP contribution in [0.2, 0.25) is 0 Å². The fraction of sp³-hybridized carbons (Fsp3) is 0.346. The third kappa shape index (κ3) is 2.78. The highest BCUT2D eigenvalue weighted by atomic mass is 16.6. The number of fused-ring (bicyclic) bond motifs is 6. The second-order valence-corrected chi connectivity index (χ2v) is 8.72. The van der Waals surface area contributed by atoms with Gasteiger partial charge in [0, 0.05) is 16.7 Å². The van der Waals surface area contributed by atoms with Gasteiger partial charge < -0.3 is 19.1 Å². The summed E-state index contributed by atoms with van der Waals surface area (Å²) in [6.07, 6.45) is -0.107. The third-order valence-corrected chi connectivity index (χ3v) is 6.87. The molecule has 3 atom stereocenters. The van der Waals surface area contributed by atoms with Crippen LogP contribution in [-0.2, 0) is 9.53 Å². The van der Waals surface area contributed by atoms with E-state index in [2.05, 4.69) is 0 Å². The van der Waals surface area contributed by atoms with Crippen LogP contribution in [0.5, 0.6) is 11.5 Å². The van der Waals surface area contributed by atoms with Crippen LogP contribution >= 0.6 is 0 Å². The Labute approximate surface area is 191 Å². The van der Waals surface area contributed by atoms with Crippen LogP contribution in [0, 0.1) is 12.8 Å². The Bertz CT molecular complexity index is 1260. The maximum atomic E-state index is 14.0. The molecule has 170 valence electrons. The second-order valence-electron chi connectivity index (χ2n) is 8.72. The monoisotopic (exact) mass is 447 g/mol. The minimum absolute atomic E-state index is 0.0912. The van der Waals surface area contributed by atoms with Gasteiger partial charge >= 0.3 is 5.97 Å². The highest BCUT2D eigenvalue weighted by Gasteiger charge is 2.55. The number of rotatable bonds is 4. The number of ketones is 2. The van der Waals surface area contributed by atoms with E-state index in [0.717, 1.165) is 5.56 Å². The first kappa shape index (κ1) is 21.2. The minimum atomic E-state index is -0.813. The maximum absolute atomic E-state index is 14.0. The number of nitrogens with zero attached hydrogens (tertiary/aromatic N) is 1. The van der Waals surface area contributed by atoms with Gasteiger partial charge in [0.2, 0.25) is 12.0 Å². The van der Waals surface area contributed by atoms with Crippen molar-refractivity contribution in [2.45, 2.75) is 39.5 Å². The van der Waals surface area contributed by atoms with Gasteiger partial charge in [-0.2, -0.15) is 0 Å². The molecular formula is C26H25NO6. The van der Waals surface area contributed by atoms with E-state index >= 15 is 0 Å². The molecule has 7 heteroatoms. The molecule has 1 fully saturated rings. The molecule has 33 heavy (non-hydrogen) atoms. The first-order valence-electron chi connectivity index (χ1n) is 11.0. The summed E-state index contributed by atoms with van der Waals surface area (Å²) >= 11 is 0. The number of aryl methyl sites for hydroxylation is 1. The number of ether oxygens (including phenoxy) is 3. The predicted octanol–water partition coefficient (Wildman–Crippen LogP) is 4.09. The van der Waals surface area contributed by atoms with Gasteiger partial charge in [0.05, 0.1) is 25.4 Å². The van der Waals surface area contributed by atoms with Crippen molar-refractivity contribution in [2.75, 3.05) is 14.2 Å². The fourth-order valence-electron chi connectivity index (χ4n) is 5.18. The number of esters is 1. The summed E-state index contributed by atoms with van der Waals surface area (Å²) in [6, 6.07) is 8.01. The lowest BCUT2D eigenvalue weighted by molar-refractivity contribution is -0.143. The zero-order chi connectivity index (χ0) is 23.6. The minimum Gasteiger partial charge on any atom is -0.496 e. The Morgan fingerprint density at radius 2 is 1.76 bits per heavy atom. The Morgan fingerprint density at radius 3 is 2.42 bits per heavy atom. The summed E-state index contributed by atoms with van der Waals surface area (Å²) in [7, 11) is 2.99. The van der Waals surface area contributed by atoms with Crippen LogP contribution < -0.4 is 9.47 Å². The van der Waals surface area contributed by atoms with Crippen LogP contribution in [0.25, 0.3) is 5.57 Å². The lowest BCUT2D eigenvalue weighted by atomic mass is 9.77. The highest BCUT2D eigenvalue weighted by molar-refractivity contribution is 6.41. The molecule has 5 rings (SSSR count). The average Bonchev–Trinajstić information content (AvgIpc) is 3.17. The molecule has 0 N–H and O–H groups in total. The van der Waals surface area contributed by atoms with Crippen molar-refractivity contribution in [3.8, 4) is 11.5 Å². The number of Topliss-reactive ketones (excluding diaryl/α,β-unsaturated/α-hetero) is 2. The van der Waals surface area contributed by atoms with Crippen molar-refractivity contribution in [2.24, 2.45) is 5.92 Å². The van der Waals surface area contributed by atoms with E-state index in [1.165, 1.54) is 14.2 Å². The van der Waals surface area contributed by atoms with E-state index in [9.17, 15) is 14.4 Å². The molecule has 1 saturated heterocycles. The van der Waals surface area contributed by atoms with Crippen LogP contribution in [0.4, 0.5) is 0 Å². The second kappa shape index (κ2) is 7.47. The number of hydrogen-bond donors (Lipinski definition) is 0. The van der Waals surface area contributed by atoms with E-state index in [1.54, 1.807) is 23.1 Å². The van der Waals surface area contributed by atoms with Gasteiger partial charge in [0.15, 0.2) is 5.78 Å². The number of benzene rings is 2. The Hall–Kier alpha value is -3.61. The van der Waals surface area contributed by atoms with Crippen molar-refractivity contribution < 1.29 is 28.6 Å². The van der Waals surface area contributed by atoms with Crippen molar-refractivity contribution >= 4 is 23.1 Å². The smallest absolute Gasteiger partial charge is 0.331 e. The Balaban J connectivity index is 1.88. The van der Waals surface area contributed by atoms with Crippen LogP contribution in [0.15, 0.2) is 36.0 Å². The summed E-state index contributed by atoms with van der Waals surface area (Å²) < 4.78 is 16.9. The molecule has 2 aromatic carbocycles. The molecule has 0 bridgehead atoms. The molecular weight excluding hydrogens is 422 g/mol. The zero-order valence-electron chi connectivity index (χ0n) is 19.2. The predicted molar refractivity (Wildman–Crippen MR) is 120 cm³/mol. The Morgan fingerprint density at radius 1 is 1.03 bits per heavy atom. The van der Waals surface area contributed by atoms with E-state index in [4.69, 9.17) is 14.2 Å². The van der Waals surface area contributed by atoms with Crippen molar-refractivity contribution in [1.29, 1.82) is 0 Å². The largest absolute Gasteiger partial charge is 0.496 e. The summed E-state index contributed by atoms with van der Waals surface area (Å²) in [6.45, 7) is 5.84. The number of carbonyl (C=O) groups excluding carboxylic acids is 3. The quantitative estimate of drug-likeness (QED) is 0.653. The molecule has 1 aliphatic carbocycles. The van der Waals surface area contributed by atoms with Crippen LogP contribution in [-0.4, -0.2) is 42.7 Å². The first-order valence-corrected chi connectivity index (χ1v) is 11.0. The van der Waals surface area contributed by atoms with E-state index in [0.29, 0.717) is 29.0 Å². The summed E-state index contributed by atoms with van der Waals surface area (Å²) in [4.78, 5) is 42.7. The van der Waals surface area contributed by atoms with Gasteiger partial charge in [0.25, 0.3) is 0 Å². The van der Waals surface area contributed by atoms with E-state index in [1.807, 2.05) is 32.9 Å². The van der Waals surface area contributed by atoms with Crippen LogP contribution in [0.3, 0.4) is 0 Å². The summed E-state index contributed by atoms with van der Waals surface area (Å²) in [5.74, 6) is -0.369. The molecule has 0 spiro atoms. The van der Waals surface area contributed by atoms with Crippen LogP contribution in [0.1, 0.15) is 63.9 Å². The molecule has 3 aliphatic rings. The molecule has 0 radical (unpaired) electrons. The van der Waals surface area contributed by atoms with E-state index in [-0.39, 0.29) is 39.9 Å². The van der Waals surface area contributed by atoms with Gasteiger partial charge in [-0.1, -0.05) is 32.4 Å². The molecule has 0 amide bonds. The van der Waals surface area contributed by atoms with Gasteiger partial charge in [-0.25, -0.2) is 4.79 Å². The standard InChI is InChI=1S/C26H25NO6/c1-6-13(3)21-26(30)33-25-15-10-12(2)11-17(32-5)18(15)20-22(27(21)25)24(29)19-14(23(20)28)8-7-9-16(19)31-4/h7-11,13,21,25H,6H2,1-5H3/t13-,21-,25-/m0/s1. The highest BCUT2D eigenvalue weighted by Crippen LogP contribution is 2.53. The summed E-state index contributed by atoms with van der Waals surface area (Å²) in [5.41, 5.74) is 2.95. The number of methoxy groups -OCH3 is 2. The molecule has 2 heterocycles. The molecule has 2 aliphatic heterocycles. The van der Waals surface area contributed by atoms with Gasteiger partial charge in [-0.05, 0) is 36.6 Å². The first-order chi connectivity index (χ1) is 15.8. The summed E-state index contributed by atoms with van der Waals surface area (Å²) in [5, 5.41) is 0. The van der Waals surface area contributed by atoms with Gasteiger partial charge in [0.1, 0.15) is 23.2 Å². The van der Waals surface area contributed by atoms with Crippen molar-refractivity contribution in [1.82, 2.24) is 4.90 Å². The molecule has 0 unspecified atom stereocenters. The lowest BCUT2D eigenvalue weighted by Crippen LogP contribution is -2.45. The SMILES string of the molecule is CC[C@H](C)[C@H]1C(=O)O[C@H]2c3cc(C)cc(OC)c3C3=C(C(=O)c4c(OC)cccc4C3=O)N12. The average molecular weight is 447 g/mol. The van der Waals surface area contributed by atoms with Crippen molar-refractivity contribution in [3.05, 3.63) is 63.8 Å². The van der Waals surface area contributed by atoms with Gasteiger partial charge in [-0.3, -0.25) is 9.59 Å². The lowest BCUT2D eigenvalue weighted by Gasteiger charge is -2.40. The maximum Gasteiger partial charge on any atom is 0.331 e. The third-order valence-electron chi connectivity index (χ3n) is 6.87. The van der Waals surface area contributed by atoms with E-state index < -0.39 is 18.2 Å². The van der Waals surface area contributed by atoms with Gasteiger partial charge in [-0.15, -0.1) is 0 Å². The molecule has 0 aromatic heterocycles. The Kier molecular flexibility index (Phi) is 4.81. The fourth-order valence-corrected chi connectivity index (χ4v) is 5.18. The van der Waals surface area contributed by atoms with Crippen molar-refractivity contribution in [3.63, 3.8) is 0 Å². The molecule has 7 nitrogen and oxygen atoms in total. The normalized spacial score (nSPS) is 21.7. The number of carbonyl (C=O) groups is 3. The zero-order valence-corrected chi connectivity index (χ0v) is 19.2. The topological polar surface area (TPSA) is 82.1 Å². The molecule has 2 aromatic rings.